The second-order valence-corrected chi connectivity index (χ2v) is 6.02. The quantitative estimate of drug-likeness (QED) is 0.586. The Morgan fingerprint density at radius 2 is 1.71 bits per heavy atom. The number of benzene rings is 2. The SMILES string of the molecule is Oc1ccc2c(c1)-c1nn3c(-c4ccccc4)nnc3cc1CC2. The molecule has 1 N–H and O–H groups in total. The van der Waals surface area contributed by atoms with Crippen molar-refractivity contribution in [3.8, 4) is 28.4 Å². The van der Waals surface area contributed by atoms with E-state index in [2.05, 4.69) is 16.3 Å². The van der Waals surface area contributed by atoms with E-state index in [-0.39, 0.29) is 5.75 Å². The molecule has 2 aromatic heterocycles. The van der Waals surface area contributed by atoms with Gasteiger partial charge >= 0.3 is 0 Å². The van der Waals surface area contributed by atoms with Crippen LogP contribution in [0.1, 0.15) is 11.1 Å². The molecular weight excluding hydrogens is 300 g/mol. The van der Waals surface area contributed by atoms with Gasteiger partial charge in [0.1, 0.15) is 5.75 Å². The van der Waals surface area contributed by atoms with Crippen molar-refractivity contribution >= 4 is 5.65 Å². The van der Waals surface area contributed by atoms with E-state index in [4.69, 9.17) is 5.10 Å². The molecule has 0 atom stereocenters. The van der Waals surface area contributed by atoms with E-state index in [1.807, 2.05) is 36.4 Å². The van der Waals surface area contributed by atoms with Gasteiger partial charge in [-0.1, -0.05) is 36.4 Å². The number of aromatic hydroxyl groups is 1. The third-order valence-electron chi connectivity index (χ3n) is 4.52. The minimum atomic E-state index is 0.260. The molecule has 2 heterocycles. The van der Waals surface area contributed by atoms with E-state index >= 15 is 0 Å². The summed E-state index contributed by atoms with van der Waals surface area (Å²) in [5.74, 6) is 0.983. The van der Waals surface area contributed by atoms with Gasteiger partial charge in [0.25, 0.3) is 0 Å². The molecule has 1 aliphatic carbocycles. The van der Waals surface area contributed by atoms with Crippen LogP contribution in [0.15, 0.2) is 54.6 Å². The van der Waals surface area contributed by atoms with Gasteiger partial charge in [0, 0.05) is 11.1 Å². The zero-order valence-corrected chi connectivity index (χ0v) is 12.8. The molecule has 116 valence electrons. The first-order valence-electron chi connectivity index (χ1n) is 7.92. The van der Waals surface area contributed by atoms with E-state index < -0.39 is 0 Å². The summed E-state index contributed by atoms with van der Waals surface area (Å²) >= 11 is 0. The zero-order chi connectivity index (χ0) is 16.1. The predicted octanol–water partition coefficient (Wildman–Crippen LogP) is 3.26. The maximum Gasteiger partial charge on any atom is 0.185 e. The van der Waals surface area contributed by atoms with Gasteiger partial charge in [-0.25, -0.2) is 0 Å². The summed E-state index contributed by atoms with van der Waals surface area (Å²) < 4.78 is 1.79. The lowest BCUT2D eigenvalue weighted by Gasteiger charge is -2.19. The van der Waals surface area contributed by atoms with Crippen LogP contribution < -0.4 is 0 Å². The molecule has 5 rings (SSSR count). The molecule has 0 amide bonds. The first kappa shape index (κ1) is 13.2. The second-order valence-electron chi connectivity index (χ2n) is 6.02. The van der Waals surface area contributed by atoms with Gasteiger partial charge < -0.3 is 5.11 Å². The van der Waals surface area contributed by atoms with Crippen molar-refractivity contribution in [2.24, 2.45) is 0 Å². The summed E-state index contributed by atoms with van der Waals surface area (Å²) in [6, 6.07) is 17.5. The van der Waals surface area contributed by atoms with E-state index in [1.165, 1.54) is 5.56 Å². The smallest absolute Gasteiger partial charge is 0.185 e. The monoisotopic (exact) mass is 314 g/mol. The molecule has 0 unspecified atom stereocenters. The lowest BCUT2D eigenvalue weighted by molar-refractivity contribution is 0.475. The topological polar surface area (TPSA) is 63.3 Å². The minimum absolute atomic E-state index is 0.260. The highest BCUT2D eigenvalue weighted by Gasteiger charge is 2.21. The average molecular weight is 314 g/mol. The summed E-state index contributed by atoms with van der Waals surface area (Å²) in [5, 5.41) is 23.3. The van der Waals surface area contributed by atoms with E-state index in [0.717, 1.165) is 46.7 Å². The normalized spacial score (nSPS) is 12.8. The lowest BCUT2D eigenvalue weighted by atomic mass is 9.89. The van der Waals surface area contributed by atoms with Crippen LogP contribution in [0.25, 0.3) is 28.3 Å². The van der Waals surface area contributed by atoms with Gasteiger partial charge in [-0.15, -0.1) is 10.2 Å². The molecule has 0 saturated carbocycles. The number of fused-ring (bicyclic) bond motifs is 4. The summed E-state index contributed by atoms with van der Waals surface area (Å²) in [6.07, 6.45) is 1.87. The molecule has 0 spiro atoms. The van der Waals surface area contributed by atoms with Crippen molar-refractivity contribution < 1.29 is 5.11 Å². The number of rotatable bonds is 1. The Balaban J connectivity index is 1.78. The van der Waals surface area contributed by atoms with Crippen LogP contribution in [0, 0.1) is 0 Å². The zero-order valence-electron chi connectivity index (χ0n) is 12.8. The molecule has 0 saturated heterocycles. The molecule has 0 bridgehead atoms. The maximum atomic E-state index is 9.86. The molecule has 5 nitrogen and oxygen atoms in total. The van der Waals surface area contributed by atoms with Gasteiger partial charge in [-0.05, 0) is 42.2 Å². The number of aromatic nitrogens is 4. The highest BCUT2D eigenvalue weighted by Crippen LogP contribution is 2.34. The van der Waals surface area contributed by atoms with Gasteiger partial charge in [-0.3, -0.25) is 0 Å². The van der Waals surface area contributed by atoms with Crippen LogP contribution in [-0.4, -0.2) is 24.9 Å². The maximum absolute atomic E-state index is 9.86. The fraction of sp³-hybridized carbons (Fsp3) is 0.105. The summed E-state index contributed by atoms with van der Waals surface area (Å²) in [4.78, 5) is 0. The molecule has 5 heteroatoms. The Morgan fingerprint density at radius 1 is 0.875 bits per heavy atom. The number of hydrogen-bond donors (Lipinski definition) is 1. The van der Waals surface area contributed by atoms with E-state index in [1.54, 1.807) is 16.6 Å². The first-order valence-corrected chi connectivity index (χ1v) is 7.92. The van der Waals surface area contributed by atoms with Gasteiger partial charge in [0.2, 0.25) is 0 Å². The minimum Gasteiger partial charge on any atom is -0.508 e. The predicted molar refractivity (Wildman–Crippen MR) is 90.7 cm³/mol. The average Bonchev–Trinajstić information content (AvgIpc) is 3.03. The van der Waals surface area contributed by atoms with Crippen molar-refractivity contribution in [3.63, 3.8) is 0 Å². The van der Waals surface area contributed by atoms with Crippen molar-refractivity contribution in [1.29, 1.82) is 0 Å². The Kier molecular flexibility index (Phi) is 2.70. The molecule has 0 fully saturated rings. The standard InChI is InChI=1S/C19H14N4O/c24-15-9-8-12-6-7-14-10-17-20-21-19(13-4-2-1-3-5-13)23(17)22-18(14)16(12)11-15/h1-5,8-11,24H,6-7H2. The lowest BCUT2D eigenvalue weighted by Crippen LogP contribution is -2.09. The van der Waals surface area contributed by atoms with Crippen molar-refractivity contribution in [1.82, 2.24) is 19.8 Å². The molecule has 24 heavy (non-hydrogen) atoms. The summed E-state index contributed by atoms with van der Waals surface area (Å²) in [6.45, 7) is 0. The molecule has 0 radical (unpaired) electrons. The number of nitrogens with zero attached hydrogens (tertiary/aromatic N) is 4. The number of aryl methyl sites for hydroxylation is 2. The van der Waals surface area contributed by atoms with Gasteiger partial charge in [-0.2, -0.15) is 9.61 Å². The van der Waals surface area contributed by atoms with Crippen molar-refractivity contribution in [2.45, 2.75) is 12.8 Å². The van der Waals surface area contributed by atoms with Gasteiger partial charge in [0.15, 0.2) is 11.5 Å². The van der Waals surface area contributed by atoms with Crippen LogP contribution in [0.2, 0.25) is 0 Å². The fourth-order valence-electron chi connectivity index (χ4n) is 3.33. The van der Waals surface area contributed by atoms with E-state index in [0.29, 0.717) is 0 Å². The number of phenols is 1. The highest BCUT2D eigenvalue weighted by atomic mass is 16.3. The Hall–Kier alpha value is -3.21. The van der Waals surface area contributed by atoms with Crippen LogP contribution >= 0.6 is 0 Å². The molecular formula is C19H14N4O. The highest BCUT2D eigenvalue weighted by molar-refractivity contribution is 5.72. The van der Waals surface area contributed by atoms with E-state index in [9.17, 15) is 5.11 Å². The third-order valence-corrected chi connectivity index (χ3v) is 4.52. The Labute approximate surface area is 138 Å². The molecule has 2 aromatic carbocycles. The van der Waals surface area contributed by atoms with Crippen LogP contribution in [-0.2, 0) is 12.8 Å². The van der Waals surface area contributed by atoms with Crippen LogP contribution in [0.3, 0.4) is 0 Å². The molecule has 4 aromatic rings. The first-order chi connectivity index (χ1) is 11.8. The third kappa shape index (κ3) is 1.91. The number of hydrogen-bond acceptors (Lipinski definition) is 4. The Bertz CT molecular complexity index is 1070. The van der Waals surface area contributed by atoms with Gasteiger partial charge in [0.05, 0.1) is 5.69 Å². The van der Waals surface area contributed by atoms with Crippen LogP contribution in [0.4, 0.5) is 0 Å². The molecule has 0 aliphatic heterocycles. The van der Waals surface area contributed by atoms with Crippen molar-refractivity contribution in [3.05, 3.63) is 65.7 Å². The largest absolute Gasteiger partial charge is 0.508 e. The Morgan fingerprint density at radius 3 is 2.58 bits per heavy atom. The summed E-state index contributed by atoms with van der Waals surface area (Å²) in [7, 11) is 0. The number of phenolic OH excluding ortho intramolecular Hbond substituents is 1. The van der Waals surface area contributed by atoms with Crippen LogP contribution in [0.5, 0.6) is 5.75 Å². The fourth-order valence-corrected chi connectivity index (χ4v) is 3.33. The summed E-state index contributed by atoms with van der Waals surface area (Å²) in [5.41, 5.74) is 5.97. The second kappa shape index (κ2) is 4.89. The molecule has 1 aliphatic rings. The van der Waals surface area contributed by atoms with Crippen molar-refractivity contribution in [2.75, 3.05) is 0 Å².